The molecule has 0 aromatic carbocycles. The number of nitrogens with one attached hydrogen (secondary N) is 2. The van der Waals surface area contributed by atoms with Crippen molar-refractivity contribution >= 4 is 36.7 Å². The number of hydrogen-bond acceptors (Lipinski definition) is 5. The third-order valence-corrected chi connectivity index (χ3v) is 4.10. The van der Waals surface area contributed by atoms with E-state index in [4.69, 9.17) is 5.73 Å². The van der Waals surface area contributed by atoms with E-state index in [2.05, 4.69) is 15.3 Å². The minimum Gasteiger partial charge on any atom is -0.479 e. The molecule has 0 saturated carbocycles. The number of carbonyl (C=O) groups excluding carboxylic acids is 1. The Morgan fingerprint density at radius 3 is 2.27 bits per heavy atom. The van der Waals surface area contributed by atoms with E-state index in [0.29, 0.717) is 12.1 Å². The molecule has 3 atom stereocenters. The molecule has 0 saturated heterocycles. The van der Waals surface area contributed by atoms with Crippen LogP contribution in [0.5, 0.6) is 0 Å². The largest absolute Gasteiger partial charge is 0.479 e. The van der Waals surface area contributed by atoms with Gasteiger partial charge in [-0.15, -0.1) is 24.8 Å². The number of H-pyrrole nitrogens is 1. The Morgan fingerprint density at radius 1 is 1.31 bits per heavy atom. The van der Waals surface area contributed by atoms with Gasteiger partial charge in [0.15, 0.2) is 5.60 Å². The van der Waals surface area contributed by atoms with E-state index in [-0.39, 0.29) is 37.2 Å². The lowest BCUT2D eigenvalue weighted by atomic mass is 9.79. The van der Waals surface area contributed by atoms with Crippen molar-refractivity contribution in [2.75, 3.05) is 0 Å². The number of nitrogens with zero attached hydrogens (tertiary/aromatic N) is 1. The quantitative estimate of drug-likeness (QED) is 0.411. The van der Waals surface area contributed by atoms with Crippen molar-refractivity contribution in [3.8, 4) is 0 Å². The number of aliphatic hydroxyl groups is 1. The minimum atomic E-state index is -2.06. The summed E-state index contributed by atoms with van der Waals surface area (Å²) in [7, 11) is 0. The molecule has 1 rings (SSSR count). The predicted molar refractivity (Wildman–Crippen MR) is 104 cm³/mol. The fourth-order valence-electron chi connectivity index (χ4n) is 2.62. The number of aromatic nitrogens is 2. The lowest BCUT2D eigenvalue weighted by Crippen LogP contribution is -2.62. The predicted octanol–water partition coefficient (Wildman–Crippen LogP) is 1.13. The standard InChI is InChI=1S/C16H28N4O4.2ClH/c1-9(2)5-13(16(24,10(3)4)15(22)23)20-14(21)12(17)6-11-7-18-8-19-11;;/h7-10,12-13,24H,5-6,17H2,1-4H3,(H,18,19)(H,20,21)(H,22,23);2*1H/t12-,13-,16?;;/m0../s1. The van der Waals surface area contributed by atoms with Crippen molar-refractivity contribution in [3.63, 3.8) is 0 Å². The first-order chi connectivity index (χ1) is 11.1. The summed E-state index contributed by atoms with van der Waals surface area (Å²) >= 11 is 0. The molecule has 0 spiro atoms. The van der Waals surface area contributed by atoms with Gasteiger partial charge in [-0.3, -0.25) is 4.79 Å². The first kappa shape index (κ1) is 26.9. The van der Waals surface area contributed by atoms with Crippen molar-refractivity contribution in [1.82, 2.24) is 15.3 Å². The Balaban J connectivity index is 0. The van der Waals surface area contributed by atoms with Gasteiger partial charge in [0.2, 0.25) is 5.91 Å². The van der Waals surface area contributed by atoms with E-state index >= 15 is 0 Å². The molecule has 0 aliphatic carbocycles. The minimum absolute atomic E-state index is 0. The first-order valence-corrected chi connectivity index (χ1v) is 8.08. The zero-order chi connectivity index (χ0) is 18.5. The van der Waals surface area contributed by atoms with Crippen molar-refractivity contribution in [3.05, 3.63) is 18.2 Å². The van der Waals surface area contributed by atoms with Gasteiger partial charge in [-0.25, -0.2) is 9.78 Å². The average Bonchev–Trinajstić information content (AvgIpc) is 2.97. The highest BCUT2D eigenvalue weighted by atomic mass is 35.5. The van der Waals surface area contributed by atoms with Crippen LogP contribution in [0.3, 0.4) is 0 Å². The highest BCUT2D eigenvalue weighted by molar-refractivity contribution is 5.86. The van der Waals surface area contributed by atoms with Crippen LogP contribution in [0, 0.1) is 11.8 Å². The monoisotopic (exact) mass is 412 g/mol. The summed E-state index contributed by atoms with van der Waals surface area (Å²) in [6.07, 6.45) is 3.67. The molecular formula is C16H30Cl2N4O4. The van der Waals surface area contributed by atoms with Crippen LogP contribution in [0.25, 0.3) is 0 Å². The summed E-state index contributed by atoms with van der Waals surface area (Å²) in [6.45, 7) is 7.01. The number of imidazole rings is 1. The molecule has 1 amide bonds. The Bertz CT molecular complexity index is 554. The maximum absolute atomic E-state index is 12.4. The molecule has 1 aromatic heterocycles. The Hall–Kier alpha value is -1.35. The summed E-state index contributed by atoms with van der Waals surface area (Å²) in [5.74, 6) is -2.36. The number of carboxylic acids is 1. The van der Waals surface area contributed by atoms with Crippen LogP contribution >= 0.6 is 24.8 Å². The summed E-state index contributed by atoms with van der Waals surface area (Å²) in [4.78, 5) is 30.8. The zero-order valence-corrected chi connectivity index (χ0v) is 17.1. The first-order valence-electron chi connectivity index (χ1n) is 8.08. The second-order valence-electron chi connectivity index (χ2n) is 6.85. The molecule has 10 heteroatoms. The normalized spacial score (nSPS) is 15.4. The number of nitrogens with two attached hydrogens (primary N) is 1. The Kier molecular flexibility index (Phi) is 11.8. The molecule has 1 aromatic rings. The summed E-state index contributed by atoms with van der Waals surface area (Å²) in [5, 5.41) is 22.8. The van der Waals surface area contributed by atoms with Crippen LogP contribution in [0.1, 0.15) is 39.8 Å². The third-order valence-electron chi connectivity index (χ3n) is 4.10. The van der Waals surface area contributed by atoms with Crippen LogP contribution in [-0.4, -0.2) is 49.7 Å². The van der Waals surface area contributed by atoms with Gasteiger partial charge in [0.05, 0.1) is 24.1 Å². The fraction of sp³-hybridized carbons (Fsp3) is 0.688. The number of hydrogen-bond donors (Lipinski definition) is 5. The number of amides is 1. The fourth-order valence-corrected chi connectivity index (χ4v) is 2.62. The van der Waals surface area contributed by atoms with Crippen LogP contribution in [0.2, 0.25) is 0 Å². The second kappa shape index (κ2) is 11.4. The number of halogens is 2. The van der Waals surface area contributed by atoms with Gasteiger partial charge in [0.25, 0.3) is 0 Å². The average molecular weight is 413 g/mol. The summed E-state index contributed by atoms with van der Waals surface area (Å²) in [6, 6.07) is -1.82. The highest BCUT2D eigenvalue weighted by Gasteiger charge is 2.48. The van der Waals surface area contributed by atoms with E-state index in [9.17, 15) is 19.8 Å². The number of rotatable bonds is 9. The molecule has 26 heavy (non-hydrogen) atoms. The second-order valence-corrected chi connectivity index (χ2v) is 6.85. The van der Waals surface area contributed by atoms with E-state index in [1.54, 1.807) is 20.0 Å². The van der Waals surface area contributed by atoms with Gasteiger partial charge < -0.3 is 26.2 Å². The molecule has 1 unspecified atom stereocenters. The number of carboxylic acid groups (broad SMARTS) is 1. The molecule has 0 aliphatic rings. The molecule has 0 aliphatic heterocycles. The third kappa shape index (κ3) is 6.75. The number of aliphatic carboxylic acids is 1. The molecule has 0 fully saturated rings. The van der Waals surface area contributed by atoms with Crippen molar-refractivity contribution in [2.45, 2.75) is 58.2 Å². The van der Waals surface area contributed by atoms with Crippen molar-refractivity contribution < 1.29 is 19.8 Å². The molecule has 1 heterocycles. The lowest BCUT2D eigenvalue weighted by molar-refractivity contribution is -0.169. The lowest BCUT2D eigenvalue weighted by Gasteiger charge is -2.37. The van der Waals surface area contributed by atoms with Gasteiger partial charge in [0, 0.05) is 12.6 Å². The van der Waals surface area contributed by atoms with Gasteiger partial charge in [-0.05, 0) is 18.3 Å². The van der Waals surface area contributed by atoms with Crippen molar-refractivity contribution in [2.24, 2.45) is 17.6 Å². The Labute approximate surface area is 166 Å². The van der Waals surface area contributed by atoms with Gasteiger partial charge in [-0.2, -0.15) is 0 Å². The maximum atomic E-state index is 12.4. The van der Waals surface area contributed by atoms with Gasteiger partial charge >= 0.3 is 5.97 Å². The topological polar surface area (TPSA) is 141 Å². The van der Waals surface area contributed by atoms with Gasteiger partial charge in [0.1, 0.15) is 0 Å². The SMILES string of the molecule is CC(C)C[C@H](NC(=O)[C@@H](N)Cc1c[nH]cn1)C(O)(C(=O)O)C(C)C.Cl.Cl. The van der Waals surface area contributed by atoms with E-state index in [1.807, 2.05) is 13.8 Å². The van der Waals surface area contributed by atoms with Crippen LogP contribution in [0.4, 0.5) is 0 Å². The molecule has 152 valence electrons. The molecule has 0 radical (unpaired) electrons. The maximum Gasteiger partial charge on any atom is 0.338 e. The molecule has 8 nitrogen and oxygen atoms in total. The summed E-state index contributed by atoms with van der Waals surface area (Å²) < 4.78 is 0. The highest BCUT2D eigenvalue weighted by Crippen LogP contribution is 2.26. The van der Waals surface area contributed by atoms with Crippen LogP contribution in [0.15, 0.2) is 12.5 Å². The molecule has 6 N–H and O–H groups in total. The summed E-state index contributed by atoms with van der Waals surface area (Å²) in [5.41, 5.74) is 4.46. The van der Waals surface area contributed by atoms with Crippen LogP contribution < -0.4 is 11.1 Å². The van der Waals surface area contributed by atoms with E-state index in [1.165, 1.54) is 6.33 Å². The van der Waals surface area contributed by atoms with Crippen LogP contribution in [-0.2, 0) is 16.0 Å². The number of carbonyl (C=O) groups is 2. The number of aromatic amines is 1. The molecule has 0 bridgehead atoms. The Morgan fingerprint density at radius 2 is 1.88 bits per heavy atom. The van der Waals surface area contributed by atoms with Gasteiger partial charge in [-0.1, -0.05) is 27.7 Å². The zero-order valence-electron chi connectivity index (χ0n) is 15.4. The van der Waals surface area contributed by atoms with E-state index in [0.717, 1.165) is 0 Å². The van der Waals surface area contributed by atoms with E-state index < -0.39 is 35.5 Å². The molecular weight excluding hydrogens is 383 g/mol. The van der Waals surface area contributed by atoms with Crippen molar-refractivity contribution in [1.29, 1.82) is 0 Å². The smallest absolute Gasteiger partial charge is 0.338 e.